The molecule has 9 heterocycles. The van der Waals surface area contributed by atoms with Gasteiger partial charge in [0.05, 0.1) is 37.6 Å². The highest BCUT2D eigenvalue weighted by Gasteiger charge is 2.69. The quantitative estimate of drug-likeness (QED) is 0.0319. The molecular formula is C85H96N4O10. The summed E-state index contributed by atoms with van der Waals surface area (Å²) >= 11 is 0. The highest BCUT2D eigenvalue weighted by atomic mass is 16.5. The average molecular weight is 1330 g/mol. The average Bonchev–Trinajstić information content (AvgIpc) is 0.913. The summed E-state index contributed by atoms with van der Waals surface area (Å²) in [5.41, 5.74) is 15.7. The molecule has 8 aliphatic heterocycles. The molecule has 16 unspecified atom stereocenters. The third-order valence-electron chi connectivity index (χ3n) is 26.2. The van der Waals surface area contributed by atoms with Gasteiger partial charge in [-0.15, -0.1) is 0 Å². The number of aromatic nitrogens is 1. The molecule has 14 nitrogen and oxygen atoms in total. The van der Waals surface area contributed by atoms with Crippen LogP contribution >= 0.6 is 0 Å². The third kappa shape index (κ3) is 10.9. The highest BCUT2D eigenvalue weighted by Crippen LogP contribution is 2.69. The van der Waals surface area contributed by atoms with E-state index in [0.29, 0.717) is 67.9 Å². The minimum atomic E-state index is -0.828. The van der Waals surface area contributed by atoms with Crippen molar-refractivity contribution in [2.24, 2.45) is 53.3 Å². The number of nitrogens with one attached hydrogen (secondary N) is 3. The Morgan fingerprint density at radius 3 is 2.61 bits per heavy atom. The molecule has 1 aromatic heterocycles. The number of hydrogen-bond donors (Lipinski definition) is 9. The molecule has 2 saturated carbocycles. The minimum absolute atomic E-state index is 0.0184. The SMILES string of the molecule is CCCNCC1=CC2CCC(CCc3ccc(O)c(Cc4cccc(O)c4)c3)C#CC3=C4CC5CC(CO)COC5NC4NC4=C3C1OC2CC(O)C1C=Cc2c(c(CO)cc(O)c2OCc2cc(C35c6c7cccc6CC6CCC8CCCCC8(OCC3CC7)C65)cc3cn4cc23)C1. The fourth-order valence-electron chi connectivity index (χ4n) is 21.8. The van der Waals surface area contributed by atoms with Crippen LogP contribution in [0.3, 0.4) is 0 Å². The molecule has 0 radical (unpaired) electrons. The number of aromatic hydroxyl groups is 3. The zero-order valence-electron chi connectivity index (χ0n) is 57.1. The molecule has 0 amide bonds. The fourth-order valence-corrected chi connectivity index (χ4v) is 21.8. The van der Waals surface area contributed by atoms with Crippen LogP contribution in [0.25, 0.3) is 22.7 Å². The van der Waals surface area contributed by atoms with Gasteiger partial charge < -0.3 is 64.8 Å². The van der Waals surface area contributed by atoms with Gasteiger partial charge in [0.25, 0.3) is 0 Å². The van der Waals surface area contributed by atoms with E-state index in [1.54, 1.807) is 29.8 Å². The molecule has 516 valence electrons. The van der Waals surface area contributed by atoms with Crippen LogP contribution in [0, 0.1) is 65.1 Å². The first kappa shape index (κ1) is 64.0. The van der Waals surface area contributed by atoms with Crippen LogP contribution in [0.1, 0.15) is 158 Å². The molecule has 6 aromatic rings. The molecule has 16 atom stereocenters. The monoisotopic (exact) mass is 1330 g/mol. The smallest absolute Gasteiger partial charge is 0.168 e. The number of piperidine rings is 1. The van der Waals surface area contributed by atoms with Crippen molar-refractivity contribution < 1.29 is 49.6 Å². The van der Waals surface area contributed by atoms with Crippen molar-refractivity contribution in [1.29, 1.82) is 0 Å². The highest BCUT2D eigenvalue weighted by molar-refractivity contribution is 5.89. The number of benzene rings is 5. The van der Waals surface area contributed by atoms with E-state index in [-0.39, 0.29) is 96.0 Å². The Morgan fingerprint density at radius 1 is 0.808 bits per heavy atom. The number of phenolic OH excluding ortho intramolecular Hbond substituents is 3. The number of dihydropyridines is 1. The Labute approximate surface area is 581 Å². The maximum absolute atomic E-state index is 13.0. The van der Waals surface area contributed by atoms with Gasteiger partial charge in [-0.2, -0.15) is 0 Å². The summed E-state index contributed by atoms with van der Waals surface area (Å²) in [6, 6.07) is 27.2. The van der Waals surface area contributed by atoms with Gasteiger partial charge in [0.15, 0.2) is 11.5 Å². The van der Waals surface area contributed by atoms with Crippen LogP contribution in [-0.4, -0.2) is 104 Å². The van der Waals surface area contributed by atoms with Gasteiger partial charge >= 0.3 is 0 Å². The Bertz CT molecular complexity index is 4380. The van der Waals surface area contributed by atoms with Crippen molar-refractivity contribution in [3.8, 4) is 34.8 Å². The Balaban J connectivity index is 0.859. The van der Waals surface area contributed by atoms with Crippen molar-refractivity contribution in [3.05, 3.63) is 187 Å². The first-order valence-electron chi connectivity index (χ1n) is 37.7. The molecule has 6 aliphatic carbocycles. The van der Waals surface area contributed by atoms with Crippen molar-refractivity contribution in [1.82, 2.24) is 20.5 Å². The summed E-state index contributed by atoms with van der Waals surface area (Å²) in [7, 11) is 0. The van der Waals surface area contributed by atoms with Gasteiger partial charge in [0.1, 0.15) is 42.4 Å². The van der Waals surface area contributed by atoms with Crippen LogP contribution in [0.4, 0.5) is 0 Å². The van der Waals surface area contributed by atoms with E-state index in [4.69, 9.17) is 18.9 Å². The second kappa shape index (κ2) is 25.7. The fraction of sp³-hybridized carbons (Fsp3) is 0.506. The molecule has 14 heteroatoms. The van der Waals surface area contributed by atoms with Crippen LogP contribution in [-0.2, 0) is 64.9 Å². The minimum Gasteiger partial charge on any atom is -0.508 e. The molecule has 9 N–H and O–H groups in total. The second-order valence-electron chi connectivity index (χ2n) is 31.8. The molecule has 3 saturated heterocycles. The lowest BCUT2D eigenvalue weighted by Crippen LogP contribution is -2.70. The number of hydrogen-bond acceptors (Lipinski definition) is 13. The van der Waals surface area contributed by atoms with Crippen LogP contribution < -0.4 is 20.7 Å². The molecular weight excluding hydrogens is 1240 g/mol. The van der Waals surface area contributed by atoms with Gasteiger partial charge in [0.2, 0.25) is 0 Å². The lowest BCUT2D eigenvalue weighted by atomic mass is 9.39. The van der Waals surface area contributed by atoms with E-state index in [0.717, 1.165) is 150 Å². The van der Waals surface area contributed by atoms with E-state index in [1.165, 1.54) is 48.8 Å². The van der Waals surface area contributed by atoms with Crippen LogP contribution in [0.5, 0.6) is 23.0 Å². The Kier molecular flexibility index (Phi) is 16.6. The van der Waals surface area contributed by atoms with E-state index in [9.17, 15) is 30.6 Å². The number of rotatable bonds is 12. The number of aliphatic hydroxyl groups excluding tert-OH is 3. The number of nitrogens with zero attached hydrogens (tertiary/aromatic N) is 1. The first-order chi connectivity index (χ1) is 48.4. The summed E-state index contributed by atoms with van der Waals surface area (Å²) < 4.78 is 31.9. The lowest BCUT2D eigenvalue weighted by molar-refractivity contribution is -0.247. The lowest BCUT2D eigenvalue weighted by Gasteiger charge is -2.69. The molecule has 5 aromatic carbocycles. The zero-order chi connectivity index (χ0) is 66.8. The Morgan fingerprint density at radius 2 is 1.72 bits per heavy atom. The van der Waals surface area contributed by atoms with Gasteiger partial charge in [-0.05, 0) is 218 Å². The predicted molar refractivity (Wildman–Crippen MR) is 381 cm³/mol. The van der Waals surface area contributed by atoms with Crippen LogP contribution in [0.2, 0.25) is 0 Å². The second-order valence-corrected chi connectivity index (χ2v) is 31.8. The maximum atomic E-state index is 13.0. The normalized spacial score (nSPS) is 33.0. The molecule has 10 bridgehead atoms. The van der Waals surface area contributed by atoms with E-state index in [1.807, 2.05) is 24.3 Å². The molecule has 99 heavy (non-hydrogen) atoms. The van der Waals surface area contributed by atoms with Gasteiger partial charge in [-0.1, -0.05) is 98.4 Å². The number of phenols is 3. The Hall–Kier alpha value is -7.16. The van der Waals surface area contributed by atoms with Crippen molar-refractivity contribution >= 4 is 22.7 Å². The number of ether oxygens (including phenoxy) is 4. The largest absolute Gasteiger partial charge is 0.508 e. The maximum Gasteiger partial charge on any atom is 0.168 e. The van der Waals surface area contributed by atoms with Gasteiger partial charge in [-0.25, -0.2) is 0 Å². The van der Waals surface area contributed by atoms with Crippen molar-refractivity contribution in [2.75, 3.05) is 32.9 Å². The molecule has 1 spiro atoms. The number of fused-ring (bicyclic) bond motifs is 7. The third-order valence-corrected chi connectivity index (χ3v) is 26.2. The van der Waals surface area contributed by atoms with Gasteiger partial charge in [0, 0.05) is 107 Å². The molecule has 20 rings (SSSR count). The van der Waals surface area contributed by atoms with Crippen molar-refractivity contribution in [3.63, 3.8) is 0 Å². The summed E-state index contributed by atoms with van der Waals surface area (Å²) in [6.45, 7) is 4.80. The number of aliphatic hydroxyl groups is 3. The van der Waals surface area contributed by atoms with Gasteiger partial charge in [-0.3, -0.25) is 5.32 Å². The zero-order valence-corrected chi connectivity index (χ0v) is 57.1. The summed E-state index contributed by atoms with van der Waals surface area (Å²) in [4.78, 5) is 0. The van der Waals surface area contributed by atoms with Crippen molar-refractivity contribution in [2.45, 2.75) is 184 Å². The standard InChI is InChI=1S/C85H96N4O10/c1-2-27-86-40-59-32-54-17-14-48(12-13-49-16-25-72(93)57(28-49)29-50-7-5-11-66(92)31-50)15-23-67-70-37-58-30-51(43-90)45-97-83(58)88-81(70)87-82-76(67)78(59)99-75(54)39-73(94)53-20-24-68-69(36-53)61(44-91)38-74(95)79(68)96-46-62-35-65(34-60-41-89(82)42-71(60)62)85-64-22-18-52-8-6-9-55(77(52)85)33-56-19-21-63-10-3-4-26-84(63,80(56)85)98-47-64/h5-9,11,16,20,24-25,28,31-32,34-35,38,41-42,48,51,53-54,56,58,63-64,73,75,78,80-81,83,86-88,90-95H,2-4,10,12-14,17-19,21-22,26-27,29-30,33,36-37,39-40,43-47H2,1H3. The number of aryl methyl sites for hydroxylation is 2. The van der Waals surface area contributed by atoms with E-state index >= 15 is 0 Å². The topological polar surface area (TPSA) is 199 Å². The molecule has 14 aliphatic rings. The predicted octanol–water partition coefficient (Wildman–Crippen LogP) is 12.5. The summed E-state index contributed by atoms with van der Waals surface area (Å²) in [5.74, 6) is 11.0. The van der Waals surface area contributed by atoms with Crippen LogP contribution in [0.15, 0.2) is 126 Å². The summed E-state index contributed by atoms with van der Waals surface area (Å²) in [5, 5.41) is 82.8. The van der Waals surface area contributed by atoms with E-state index < -0.39 is 18.3 Å². The first-order valence-corrected chi connectivity index (χ1v) is 37.7. The summed E-state index contributed by atoms with van der Waals surface area (Å²) in [6.07, 6.45) is 26.0. The van der Waals surface area contributed by atoms with E-state index in [2.05, 4.69) is 100 Å². The molecule has 5 fully saturated rings.